The molecule has 1 aromatic carbocycles. The number of hydrogen-bond donors (Lipinski definition) is 1. The van der Waals surface area contributed by atoms with E-state index in [4.69, 9.17) is 9.47 Å². The van der Waals surface area contributed by atoms with E-state index in [-0.39, 0.29) is 35.3 Å². The third-order valence-corrected chi connectivity index (χ3v) is 8.31. The Balaban J connectivity index is 1.37. The molecule has 1 N–H and O–H groups in total. The Morgan fingerprint density at radius 3 is 2.59 bits per heavy atom. The second-order valence-electron chi connectivity index (χ2n) is 7.54. The molecular weight excluding hydrogens is 482 g/mol. The van der Waals surface area contributed by atoms with Crippen molar-refractivity contribution in [2.75, 3.05) is 11.9 Å². The number of carbonyl (C=O) groups is 3. The second kappa shape index (κ2) is 6.88. The molecule has 1 aliphatic heterocycles. The van der Waals surface area contributed by atoms with Gasteiger partial charge in [0.05, 0.1) is 16.7 Å². The molecule has 6 nitrogen and oxygen atoms in total. The van der Waals surface area contributed by atoms with Crippen LogP contribution in [0.25, 0.3) is 0 Å². The molecule has 4 rings (SSSR count). The van der Waals surface area contributed by atoms with Gasteiger partial charge in [0.15, 0.2) is 6.61 Å². The number of halogens is 2. The molecule has 1 heterocycles. The zero-order valence-electron chi connectivity index (χ0n) is 14.8. The van der Waals surface area contributed by atoms with Gasteiger partial charge in [0, 0.05) is 16.1 Å². The molecule has 1 amide bonds. The van der Waals surface area contributed by atoms with Crippen LogP contribution in [0, 0.1) is 37.5 Å². The minimum absolute atomic E-state index is 0.0174. The summed E-state index contributed by atoms with van der Waals surface area (Å²) in [4.78, 5) is 36.8. The zero-order chi connectivity index (χ0) is 19.5. The van der Waals surface area contributed by atoms with Crippen molar-refractivity contribution in [2.45, 2.75) is 31.2 Å². The first kappa shape index (κ1) is 18.9. The molecule has 6 atom stereocenters. The highest BCUT2D eigenvalue weighted by molar-refractivity contribution is 9.10. The van der Waals surface area contributed by atoms with Crippen molar-refractivity contribution in [2.24, 2.45) is 23.7 Å². The Bertz CT molecular complexity index is 818. The Hall–Kier alpha value is -1.41. The predicted octanol–water partition coefficient (Wildman–Crippen LogP) is 3.12. The van der Waals surface area contributed by atoms with Crippen LogP contribution in [0.15, 0.2) is 16.6 Å². The van der Waals surface area contributed by atoms with E-state index in [1.54, 1.807) is 0 Å². The fourth-order valence-corrected chi connectivity index (χ4v) is 6.02. The highest BCUT2D eigenvalue weighted by atomic mass is 79.9. The van der Waals surface area contributed by atoms with Crippen LogP contribution in [-0.2, 0) is 23.9 Å². The molecule has 0 unspecified atom stereocenters. The second-order valence-corrected chi connectivity index (χ2v) is 9.39. The van der Waals surface area contributed by atoms with Crippen molar-refractivity contribution in [1.29, 1.82) is 0 Å². The van der Waals surface area contributed by atoms with E-state index in [0.29, 0.717) is 5.69 Å². The van der Waals surface area contributed by atoms with E-state index in [1.165, 1.54) is 0 Å². The monoisotopic (exact) mass is 499 g/mol. The topological polar surface area (TPSA) is 81.7 Å². The average molecular weight is 501 g/mol. The smallest absolute Gasteiger partial charge is 0.310 e. The summed E-state index contributed by atoms with van der Waals surface area (Å²) >= 11 is 7.05. The van der Waals surface area contributed by atoms with Crippen molar-refractivity contribution in [3.63, 3.8) is 0 Å². The standard InChI is InChI=1S/C19H19Br2NO5/c1-7-3-9(4-8(2)15(7)20)22-12(23)6-26-18(24)13-10-5-11-14(13)19(25)27-17(11)16(10)21/h3-4,10-11,13-14,16-17H,5-6H2,1-2H3,(H,22,23)/t10-,11-,13-,14+,16+,17+/m1/s1. The molecule has 1 saturated heterocycles. The minimum Gasteiger partial charge on any atom is -0.461 e. The number of fused-ring (bicyclic) bond motifs is 1. The zero-order valence-corrected chi connectivity index (χ0v) is 18.0. The molecular formula is C19H19Br2NO5. The van der Waals surface area contributed by atoms with Crippen LogP contribution in [0.5, 0.6) is 0 Å². The summed E-state index contributed by atoms with van der Waals surface area (Å²) in [6, 6.07) is 3.69. The number of ether oxygens (including phenoxy) is 2. The lowest BCUT2D eigenvalue weighted by molar-refractivity contribution is -0.157. The highest BCUT2D eigenvalue weighted by Crippen LogP contribution is 2.60. The van der Waals surface area contributed by atoms with E-state index in [0.717, 1.165) is 22.0 Å². The number of benzene rings is 1. The SMILES string of the molecule is Cc1cc(NC(=O)COC(=O)[C@@H]2[C@H]3C[C@H]4[C@H](OC(=O)[C@@H]42)[C@H]3Br)cc(C)c1Br. The molecule has 2 saturated carbocycles. The first-order valence-corrected chi connectivity index (χ1v) is 10.6. The van der Waals surface area contributed by atoms with Gasteiger partial charge in [-0.2, -0.15) is 0 Å². The first-order valence-electron chi connectivity index (χ1n) is 8.85. The van der Waals surface area contributed by atoms with Gasteiger partial charge in [-0.25, -0.2) is 0 Å². The van der Waals surface area contributed by atoms with Crippen LogP contribution in [-0.4, -0.2) is 35.4 Å². The molecule has 0 radical (unpaired) electrons. The predicted molar refractivity (Wildman–Crippen MR) is 104 cm³/mol. The Labute approximate surface area is 173 Å². The van der Waals surface area contributed by atoms with Crippen molar-refractivity contribution in [1.82, 2.24) is 0 Å². The van der Waals surface area contributed by atoms with Gasteiger partial charge in [0.2, 0.25) is 0 Å². The van der Waals surface area contributed by atoms with Gasteiger partial charge < -0.3 is 14.8 Å². The lowest BCUT2D eigenvalue weighted by Gasteiger charge is -2.26. The lowest BCUT2D eigenvalue weighted by Crippen LogP contribution is -2.39. The minimum atomic E-state index is -0.532. The quantitative estimate of drug-likeness (QED) is 0.507. The average Bonchev–Trinajstić information content (AvgIpc) is 3.21. The molecule has 27 heavy (non-hydrogen) atoms. The fraction of sp³-hybridized carbons (Fsp3) is 0.526. The summed E-state index contributed by atoms with van der Waals surface area (Å²) in [5.74, 6) is -2.09. The van der Waals surface area contributed by atoms with Crippen molar-refractivity contribution < 1.29 is 23.9 Å². The molecule has 1 aromatic rings. The van der Waals surface area contributed by atoms with E-state index >= 15 is 0 Å². The summed E-state index contributed by atoms with van der Waals surface area (Å²) in [6.45, 7) is 3.50. The number of amides is 1. The molecule has 0 aromatic heterocycles. The molecule has 3 fully saturated rings. The Morgan fingerprint density at radius 2 is 1.93 bits per heavy atom. The van der Waals surface area contributed by atoms with E-state index in [1.807, 2.05) is 26.0 Å². The van der Waals surface area contributed by atoms with Crippen molar-refractivity contribution in [3.8, 4) is 0 Å². The third kappa shape index (κ3) is 3.10. The molecule has 2 aliphatic carbocycles. The number of nitrogens with one attached hydrogen (secondary N) is 1. The van der Waals surface area contributed by atoms with Gasteiger partial charge in [0.25, 0.3) is 5.91 Å². The van der Waals surface area contributed by atoms with Crippen molar-refractivity contribution in [3.05, 3.63) is 27.7 Å². The number of alkyl halides is 1. The van der Waals surface area contributed by atoms with E-state index in [9.17, 15) is 14.4 Å². The van der Waals surface area contributed by atoms with Gasteiger partial charge in [-0.05, 0) is 49.4 Å². The van der Waals surface area contributed by atoms with Crippen molar-refractivity contribution >= 4 is 55.4 Å². The number of anilines is 1. The fourth-order valence-electron chi connectivity index (χ4n) is 4.74. The van der Waals surface area contributed by atoms with Crippen LogP contribution in [0.3, 0.4) is 0 Å². The summed E-state index contributed by atoms with van der Waals surface area (Å²) in [6.07, 6.45) is 0.643. The van der Waals surface area contributed by atoms with Crippen LogP contribution >= 0.6 is 31.9 Å². The molecule has 8 heteroatoms. The maximum atomic E-state index is 12.6. The summed E-state index contributed by atoms with van der Waals surface area (Å²) in [5, 5.41) is 2.74. The highest BCUT2D eigenvalue weighted by Gasteiger charge is 2.68. The Kier molecular flexibility index (Phi) is 4.83. The van der Waals surface area contributed by atoms with Gasteiger partial charge in [-0.3, -0.25) is 14.4 Å². The molecule has 3 aliphatic rings. The number of carbonyl (C=O) groups excluding carboxylic acids is 3. The summed E-state index contributed by atoms with van der Waals surface area (Å²) < 4.78 is 11.6. The first-order chi connectivity index (χ1) is 12.8. The van der Waals surface area contributed by atoms with Gasteiger partial charge in [-0.15, -0.1) is 0 Å². The number of aryl methyl sites for hydroxylation is 2. The van der Waals surface area contributed by atoms with Gasteiger partial charge >= 0.3 is 11.9 Å². The van der Waals surface area contributed by atoms with E-state index < -0.39 is 23.7 Å². The number of rotatable bonds is 4. The van der Waals surface area contributed by atoms with Gasteiger partial charge in [0.1, 0.15) is 6.10 Å². The normalized spacial score (nSPS) is 33.1. The van der Waals surface area contributed by atoms with Crippen LogP contribution in [0.4, 0.5) is 5.69 Å². The lowest BCUT2D eigenvalue weighted by atomic mass is 9.80. The summed E-state index contributed by atoms with van der Waals surface area (Å²) in [5.41, 5.74) is 2.65. The Morgan fingerprint density at radius 1 is 1.26 bits per heavy atom. The molecule has 0 spiro atoms. The summed E-state index contributed by atoms with van der Waals surface area (Å²) in [7, 11) is 0. The largest absolute Gasteiger partial charge is 0.461 e. The van der Waals surface area contributed by atoms with Crippen LogP contribution in [0.1, 0.15) is 17.5 Å². The third-order valence-electron chi connectivity index (χ3n) is 5.86. The van der Waals surface area contributed by atoms with Gasteiger partial charge in [-0.1, -0.05) is 31.9 Å². The maximum absolute atomic E-state index is 12.6. The van der Waals surface area contributed by atoms with E-state index in [2.05, 4.69) is 37.2 Å². The number of hydrogen-bond acceptors (Lipinski definition) is 5. The number of esters is 2. The maximum Gasteiger partial charge on any atom is 0.310 e. The molecule has 2 bridgehead atoms. The van der Waals surface area contributed by atoms with Crippen LogP contribution < -0.4 is 5.32 Å². The molecule has 144 valence electrons. The van der Waals surface area contributed by atoms with Crippen LogP contribution in [0.2, 0.25) is 0 Å².